The smallest absolute Gasteiger partial charge is 0.321 e. The van der Waals surface area contributed by atoms with Crippen LogP contribution in [0, 0.1) is 5.92 Å². The molecule has 0 spiro atoms. The second-order valence-corrected chi connectivity index (χ2v) is 6.82. The third kappa shape index (κ3) is 5.44. The minimum Gasteiger partial charge on any atom is -0.455 e. The largest absolute Gasteiger partial charge is 0.455 e. The summed E-state index contributed by atoms with van der Waals surface area (Å²) in [4.78, 5) is 49.1. The molecule has 2 rings (SSSR count). The molecule has 0 unspecified atom stereocenters. The monoisotopic (exact) mass is 353 g/mol. The first-order valence-corrected chi connectivity index (χ1v) is 8.97. The lowest BCUT2D eigenvalue weighted by atomic mass is 10.1. The van der Waals surface area contributed by atoms with Crippen LogP contribution >= 0.6 is 0 Å². The fraction of sp³-hybridized carbons (Fsp3) is 0.765. The molecular formula is C17H27N3O5. The average molecular weight is 353 g/mol. The summed E-state index contributed by atoms with van der Waals surface area (Å²) in [6, 6.07) is -0.432. The minimum atomic E-state index is -0.689. The van der Waals surface area contributed by atoms with E-state index in [1.54, 1.807) is 4.90 Å². The number of hydrogen-bond acceptors (Lipinski definition) is 5. The van der Waals surface area contributed by atoms with Crippen molar-refractivity contribution >= 4 is 23.8 Å². The summed E-state index contributed by atoms with van der Waals surface area (Å²) in [5.41, 5.74) is 0. The number of ether oxygens (including phenoxy) is 1. The van der Waals surface area contributed by atoms with Crippen LogP contribution < -0.4 is 10.6 Å². The molecular weight excluding hydrogens is 326 g/mol. The predicted molar refractivity (Wildman–Crippen MR) is 89.5 cm³/mol. The van der Waals surface area contributed by atoms with E-state index in [0.717, 1.165) is 32.1 Å². The molecule has 0 bridgehead atoms. The van der Waals surface area contributed by atoms with Crippen LogP contribution in [-0.2, 0) is 19.1 Å². The van der Waals surface area contributed by atoms with E-state index in [9.17, 15) is 19.2 Å². The molecule has 1 heterocycles. The Morgan fingerprint density at radius 2 is 1.96 bits per heavy atom. The number of likely N-dealkylation sites (tertiary alicyclic amines) is 1. The molecule has 4 amide bonds. The van der Waals surface area contributed by atoms with Gasteiger partial charge in [0.15, 0.2) is 6.61 Å². The molecule has 8 nitrogen and oxygen atoms in total. The van der Waals surface area contributed by atoms with Gasteiger partial charge in [0, 0.05) is 25.0 Å². The molecule has 2 atom stereocenters. The quantitative estimate of drug-likeness (QED) is 0.692. The molecule has 0 radical (unpaired) electrons. The first-order chi connectivity index (χ1) is 11.9. The van der Waals surface area contributed by atoms with Gasteiger partial charge in [-0.25, -0.2) is 4.79 Å². The van der Waals surface area contributed by atoms with Crippen molar-refractivity contribution in [1.82, 2.24) is 15.5 Å². The Bertz CT molecular complexity index is 530. The molecule has 1 saturated carbocycles. The van der Waals surface area contributed by atoms with Gasteiger partial charge < -0.3 is 15.0 Å². The van der Waals surface area contributed by atoms with Crippen LogP contribution in [0.1, 0.15) is 52.4 Å². The standard InChI is InChI=1S/C17H27N3O5/c1-3-11(2)18-17(24)19-14(21)10-25-16(23)12-8-15(22)20(9-12)13-6-4-5-7-13/h11-13H,3-10H2,1-2H3,(H2,18,19,21,24)/t11-,12-/m1/s1. The van der Waals surface area contributed by atoms with Crippen LogP contribution in [0.5, 0.6) is 0 Å². The Balaban J connectivity index is 1.72. The topological polar surface area (TPSA) is 105 Å². The van der Waals surface area contributed by atoms with Crippen molar-refractivity contribution in [3.63, 3.8) is 0 Å². The number of esters is 1. The second kappa shape index (κ2) is 8.82. The molecule has 2 aliphatic rings. The molecule has 1 aliphatic carbocycles. The highest BCUT2D eigenvalue weighted by atomic mass is 16.5. The Kier molecular flexibility index (Phi) is 6.78. The molecule has 1 saturated heterocycles. The minimum absolute atomic E-state index is 0.0220. The van der Waals surface area contributed by atoms with Gasteiger partial charge in [0.2, 0.25) is 5.91 Å². The Hall–Kier alpha value is -2.12. The number of amides is 4. The molecule has 0 aromatic carbocycles. The fourth-order valence-electron chi connectivity index (χ4n) is 3.24. The lowest BCUT2D eigenvalue weighted by Crippen LogP contribution is -2.44. The molecule has 2 N–H and O–H groups in total. The first-order valence-electron chi connectivity index (χ1n) is 8.97. The number of rotatable bonds is 6. The summed E-state index contributed by atoms with van der Waals surface area (Å²) in [6.45, 7) is 3.56. The summed E-state index contributed by atoms with van der Waals surface area (Å²) in [7, 11) is 0. The highest BCUT2D eigenvalue weighted by Gasteiger charge is 2.39. The SMILES string of the molecule is CC[C@@H](C)NC(=O)NC(=O)COC(=O)[C@@H]1CC(=O)N(C2CCCC2)C1. The Labute approximate surface area is 147 Å². The van der Waals surface area contributed by atoms with Crippen LogP contribution in [0.25, 0.3) is 0 Å². The molecule has 1 aliphatic heterocycles. The molecule has 0 aromatic rings. The van der Waals surface area contributed by atoms with Crippen molar-refractivity contribution in [2.45, 2.75) is 64.5 Å². The van der Waals surface area contributed by atoms with Gasteiger partial charge in [-0.15, -0.1) is 0 Å². The van der Waals surface area contributed by atoms with Gasteiger partial charge in [0.05, 0.1) is 5.92 Å². The van der Waals surface area contributed by atoms with Crippen LogP contribution in [0.3, 0.4) is 0 Å². The zero-order valence-electron chi connectivity index (χ0n) is 14.9. The van der Waals surface area contributed by atoms with Crippen LogP contribution in [0.2, 0.25) is 0 Å². The van der Waals surface area contributed by atoms with Gasteiger partial charge in [-0.05, 0) is 26.2 Å². The maximum absolute atomic E-state index is 12.1. The summed E-state index contributed by atoms with van der Waals surface area (Å²) >= 11 is 0. The van der Waals surface area contributed by atoms with Crippen LogP contribution in [0.15, 0.2) is 0 Å². The predicted octanol–water partition coefficient (Wildman–Crippen LogP) is 0.945. The molecule has 8 heteroatoms. The fourth-order valence-corrected chi connectivity index (χ4v) is 3.24. The first kappa shape index (κ1) is 19.2. The van der Waals surface area contributed by atoms with Crippen molar-refractivity contribution in [3.8, 4) is 0 Å². The maximum Gasteiger partial charge on any atom is 0.321 e. The molecule has 0 aromatic heterocycles. The van der Waals surface area contributed by atoms with E-state index in [1.165, 1.54) is 0 Å². The van der Waals surface area contributed by atoms with Gasteiger partial charge in [0.25, 0.3) is 5.91 Å². The van der Waals surface area contributed by atoms with Crippen LogP contribution in [0.4, 0.5) is 4.79 Å². The van der Waals surface area contributed by atoms with Crippen molar-refractivity contribution in [3.05, 3.63) is 0 Å². The van der Waals surface area contributed by atoms with Crippen LogP contribution in [-0.4, -0.2) is 54.0 Å². The maximum atomic E-state index is 12.1. The molecule has 2 fully saturated rings. The van der Waals surface area contributed by atoms with Crippen molar-refractivity contribution < 1.29 is 23.9 Å². The van der Waals surface area contributed by atoms with Crippen molar-refractivity contribution in [2.24, 2.45) is 5.92 Å². The number of hydrogen-bond donors (Lipinski definition) is 2. The zero-order chi connectivity index (χ0) is 18.4. The Morgan fingerprint density at radius 3 is 2.60 bits per heavy atom. The molecule has 140 valence electrons. The number of nitrogens with zero attached hydrogens (tertiary/aromatic N) is 1. The Morgan fingerprint density at radius 1 is 1.28 bits per heavy atom. The normalized spacial score (nSPS) is 21.9. The summed E-state index contributed by atoms with van der Waals surface area (Å²) in [5, 5.41) is 4.69. The number of carbonyl (C=O) groups is 4. The summed E-state index contributed by atoms with van der Waals surface area (Å²) in [5.74, 6) is -1.81. The van der Waals surface area contributed by atoms with Gasteiger partial charge in [-0.1, -0.05) is 19.8 Å². The number of carbonyl (C=O) groups excluding carboxylic acids is 4. The van der Waals surface area contributed by atoms with Gasteiger partial charge in [0.1, 0.15) is 0 Å². The average Bonchev–Trinajstić information content (AvgIpc) is 3.21. The summed E-state index contributed by atoms with van der Waals surface area (Å²) in [6.07, 6.45) is 5.07. The zero-order valence-corrected chi connectivity index (χ0v) is 14.9. The van der Waals surface area contributed by atoms with Gasteiger partial charge in [-0.2, -0.15) is 0 Å². The van der Waals surface area contributed by atoms with E-state index in [4.69, 9.17) is 4.74 Å². The highest BCUT2D eigenvalue weighted by molar-refractivity contribution is 5.96. The number of urea groups is 1. The third-order valence-electron chi connectivity index (χ3n) is 4.85. The van der Waals surface area contributed by atoms with E-state index in [1.807, 2.05) is 13.8 Å². The number of nitrogens with one attached hydrogen (secondary N) is 2. The van der Waals surface area contributed by atoms with Gasteiger partial charge >= 0.3 is 12.0 Å². The number of imide groups is 1. The lowest BCUT2D eigenvalue weighted by Gasteiger charge is -2.23. The van der Waals surface area contributed by atoms with E-state index in [2.05, 4.69) is 10.6 Å². The highest BCUT2D eigenvalue weighted by Crippen LogP contribution is 2.29. The van der Waals surface area contributed by atoms with E-state index < -0.39 is 30.4 Å². The lowest BCUT2D eigenvalue weighted by molar-refractivity contribution is -0.152. The van der Waals surface area contributed by atoms with Crippen molar-refractivity contribution in [1.29, 1.82) is 0 Å². The van der Waals surface area contributed by atoms with E-state index >= 15 is 0 Å². The van der Waals surface area contributed by atoms with Gasteiger partial charge in [-0.3, -0.25) is 19.7 Å². The van der Waals surface area contributed by atoms with E-state index in [0.29, 0.717) is 6.54 Å². The molecule has 25 heavy (non-hydrogen) atoms. The summed E-state index contributed by atoms with van der Waals surface area (Å²) < 4.78 is 4.97. The third-order valence-corrected chi connectivity index (χ3v) is 4.85. The van der Waals surface area contributed by atoms with Crippen molar-refractivity contribution in [2.75, 3.05) is 13.2 Å². The second-order valence-electron chi connectivity index (χ2n) is 6.82. The van der Waals surface area contributed by atoms with E-state index in [-0.39, 0.29) is 24.4 Å².